The van der Waals surface area contributed by atoms with Gasteiger partial charge in [0.05, 0.1) is 0 Å². The standard InChI is InChI=1S/C15H25N3O2/c1-11(2)15(19)17-7-5-13(6-8-17)18-12(3)9-16-14(18)10-20-4/h9,11,13H,5-8,10H2,1-4H3. The van der Waals surface area contributed by atoms with Crippen LogP contribution in [-0.2, 0) is 16.1 Å². The Morgan fingerprint density at radius 1 is 1.45 bits per heavy atom. The van der Waals surface area contributed by atoms with Crippen LogP contribution in [0.3, 0.4) is 0 Å². The fourth-order valence-corrected chi connectivity index (χ4v) is 2.94. The SMILES string of the molecule is COCc1ncc(C)n1C1CCN(C(=O)C(C)C)CC1. The summed E-state index contributed by atoms with van der Waals surface area (Å²) in [7, 11) is 1.69. The first-order valence-electron chi connectivity index (χ1n) is 7.35. The Kier molecular flexibility index (Phi) is 4.81. The lowest BCUT2D eigenvalue weighted by atomic mass is 10.0. The van der Waals surface area contributed by atoms with Crippen LogP contribution in [0.15, 0.2) is 6.20 Å². The lowest BCUT2D eigenvalue weighted by molar-refractivity contribution is -0.135. The fourth-order valence-electron chi connectivity index (χ4n) is 2.94. The molecule has 1 amide bonds. The predicted octanol–water partition coefficient (Wildman–Crippen LogP) is 2.16. The number of methoxy groups -OCH3 is 1. The molecule has 0 unspecified atom stereocenters. The van der Waals surface area contributed by atoms with Crippen molar-refractivity contribution in [2.24, 2.45) is 5.92 Å². The molecule has 0 saturated carbocycles. The molecule has 1 aromatic heterocycles. The zero-order valence-corrected chi connectivity index (χ0v) is 12.9. The van der Waals surface area contributed by atoms with Crippen molar-refractivity contribution in [3.8, 4) is 0 Å². The van der Waals surface area contributed by atoms with Gasteiger partial charge in [-0.25, -0.2) is 4.98 Å². The number of ether oxygens (including phenoxy) is 1. The molecular formula is C15H25N3O2. The molecule has 1 fully saturated rings. The van der Waals surface area contributed by atoms with Crippen LogP contribution in [0.2, 0.25) is 0 Å². The summed E-state index contributed by atoms with van der Waals surface area (Å²) in [5, 5.41) is 0. The third kappa shape index (κ3) is 3.03. The molecule has 0 atom stereocenters. The quantitative estimate of drug-likeness (QED) is 0.848. The molecule has 1 aromatic rings. The summed E-state index contributed by atoms with van der Waals surface area (Å²) >= 11 is 0. The van der Waals surface area contributed by atoms with Crippen LogP contribution < -0.4 is 0 Å². The zero-order valence-electron chi connectivity index (χ0n) is 12.9. The normalized spacial score (nSPS) is 16.9. The van der Waals surface area contributed by atoms with Gasteiger partial charge in [0.2, 0.25) is 5.91 Å². The van der Waals surface area contributed by atoms with Crippen molar-refractivity contribution in [3.05, 3.63) is 17.7 Å². The number of hydrogen-bond acceptors (Lipinski definition) is 3. The molecule has 112 valence electrons. The van der Waals surface area contributed by atoms with Crippen LogP contribution in [0.4, 0.5) is 0 Å². The molecule has 5 heteroatoms. The molecule has 0 spiro atoms. The fraction of sp³-hybridized carbons (Fsp3) is 0.733. The molecule has 0 radical (unpaired) electrons. The number of aryl methyl sites for hydroxylation is 1. The minimum Gasteiger partial charge on any atom is -0.377 e. The van der Waals surface area contributed by atoms with Gasteiger partial charge in [-0.15, -0.1) is 0 Å². The number of carbonyl (C=O) groups is 1. The maximum atomic E-state index is 12.0. The Hall–Kier alpha value is -1.36. The topological polar surface area (TPSA) is 47.4 Å². The maximum absolute atomic E-state index is 12.0. The van der Waals surface area contributed by atoms with Gasteiger partial charge in [0.25, 0.3) is 0 Å². The van der Waals surface area contributed by atoms with E-state index in [0.717, 1.165) is 31.8 Å². The lowest BCUT2D eigenvalue weighted by Crippen LogP contribution is -2.41. The van der Waals surface area contributed by atoms with Gasteiger partial charge in [0.1, 0.15) is 12.4 Å². The summed E-state index contributed by atoms with van der Waals surface area (Å²) in [6.45, 7) is 8.23. The van der Waals surface area contributed by atoms with Crippen LogP contribution >= 0.6 is 0 Å². The number of amides is 1. The minimum absolute atomic E-state index is 0.0885. The van der Waals surface area contributed by atoms with Crippen LogP contribution in [0.25, 0.3) is 0 Å². The van der Waals surface area contributed by atoms with E-state index in [-0.39, 0.29) is 11.8 Å². The summed E-state index contributed by atoms with van der Waals surface area (Å²) in [5.41, 5.74) is 1.17. The van der Waals surface area contributed by atoms with E-state index in [1.54, 1.807) is 7.11 Å². The third-order valence-corrected chi connectivity index (χ3v) is 3.97. The zero-order chi connectivity index (χ0) is 14.7. The molecule has 1 aliphatic heterocycles. The van der Waals surface area contributed by atoms with Crippen molar-refractivity contribution in [1.29, 1.82) is 0 Å². The van der Waals surface area contributed by atoms with Crippen molar-refractivity contribution in [1.82, 2.24) is 14.5 Å². The average Bonchev–Trinajstić information content (AvgIpc) is 2.79. The highest BCUT2D eigenvalue weighted by molar-refractivity contribution is 5.78. The number of likely N-dealkylation sites (tertiary alicyclic amines) is 1. The molecule has 5 nitrogen and oxygen atoms in total. The lowest BCUT2D eigenvalue weighted by Gasteiger charge is -2.34. The number of aromatic nitrogens is 2. The average molecular weight is 279 g/mol. The number of imidazole rings is 1. The summed E-state index contributed by atoms with van der Waals surface area (Å²) in [4.78, 5) is 18.4. The molecule has 0 N–H and O–H groups in total. The van der Waals surface area contributed by atoms with Crippen molar-refractivity contribution in [2.75, 3.05) is 20.2 Å². The number of nitrogens with zero attached hydrogens (tertiary/aromatic N) is 3. The highest BCUT2D eigenvalue weighted by Crippen LogP contribution is 2.26. The van der Waals surface area contributed by atoms with Gasteiger partial charge < -0.3 is 14.2 Å². The van der Waals surface area contributed by atoms with E-state index in [1.807, 2.05) is 24.9 Å². The first-order valence-corrected chi connectivity index (χ1v) is 7.35. The molecule has 0 aliphatic carbocycles. The van der Waals surface area contributed by atoms with Crippen molar-refractivity contribution in [3.63, 3.8) is 0 Å². The Bertz CT molecular complexity index is 460. The largest absolute Gasteiger partial charge is 0.377 e. The number of hydrogen-bond donors (Lipinski definition) is 0. The summed E-state index contributed by atoms with van der Waals surface area (Å²) in [6, 6.07) is 0.430. The smallest absolute Gasteiger partial charge is 0.225 e. The van der Waals surface area contributed by atoms with Crippen LogP contribution in [0.1, 0.15) is 44.2 Å². The van der Waals surface area contributed by atoms with Gasteiger partial charge >= 0.3 is 0 Å². The summed E-state index contributed by atoms with van der Waals surface area (Å²) in [6.07, 6.45) is 3.89. The number of piperidine rings is 1. The first kappa shape index (κ1) is 15.0. The van der Waals surface area contributed by atoms with E-state index in [4.69, 9.17) is 4.74 Å². The van der Waals surface area contributed by atoms with Gasteiger partial charge in [0.15, 0.2) is 0 Å². The van der Waals surface area contributed by atoms with Crippen molar-refractivity contribution >= 4 is 5.91 Å². The molecule has 1 saturated heterocycles. The van der Waals surface area contributed by atoms with Crippen LogP contribution in [0.5, 0.6) is 0 Å². The third-order valence-electron chi connectivity index (χ3n) is 3.97. The van der Waals surface area contributed by atoms with E-state index < -0.39 is 0 Å². The molecule has 0 bridgehead atoms. The van der Waals surface area contributed by atoms with E-state index in [1.165, 1.54) is 5.69 Å². The first-order chi connectivity index (χ1) is 9.54. The second kappa shape index (κ2) is 6.39. The Balaban J connectivity index is 2.04. The predicted molar refractivity (Wildman–Crippen MR) is 77.4 cm³/mol. The highest BCUT2D eigenvalue weighted by atomic mass is 16.5. The Morgan fingerprint density at radius 2 is 2.10 bits per heavy atom. The van der Waals surface area contributed by atoms with Gasteiger partial charge in [0, 0.05) is 44.0 Å². The maximum Gasteiger partial charge on any atom is 0.225 e. The second-order valence-electron chi connectivity index (χ2n) is 5.83. The number of rotatable bonds is 4. The molecule has 2 heterocycles. The number of carbonyl (C=O) groups excluding carboxylic acids is 1. The highest BCUT2D eigenvalue weighted by Gasteiger charge is 2.26. The van der Waals surface area contributed by atoms with Gasteiger partial charge in [-0.05, 0) is 19.8 Å². The Morgan fingerprint density at radius 3 is 2.65 bits per heavy atom. The van der Waals surface area contributed by atoms with Crippen molar-refractivity contribution < 1.29 is 9.53 Å². The van der Waals surface area contributed by atoms with E-state index in [0.29, 0.717) is 12.6 Å². The van der Waals surface area contributed by atoms with Gasteiger partial charge in [-0.3, -0.25) is 4.79 Å². The molecular weight excluding hydrogens is 254 g/mol. The second-order valence-corrected chi connectivity index (χ2v) is 5.83. The van der Waals surface area contributed by atoms with Gasteiger partial charge in [-0.1, -0.05) is 13.8 Å². The van der Waals surface area contributed by atoms with E-state index >= 15 is 0 Å². The van der Waals surface area contributed by atoms with E-state index in [9.17, 15) is 4.79 Å². The van der Waals surface area contributed by atoms with Gasteiger partial charge in [-0.2, -0.15) is 0 Å². The van der Waals surface area contributed by atoms with Crippen LogP contribution in [-0.4, -0.2) is 40.6 Å². The molecule has 1 aliphatic rings. The monoisotopic (exact) mass is 279 g/mol. The summed E-state index contributed by atoms with van der Waals surface area (Å²) in [5.74, 6) is 1.34. The van der Waals surface area contributed by atoms with Crippen LogP contribution in [0, 0.1) is 12.8 Å². The van der Waals surface area contributed by atoms with Crippen molar-refractivity contribution in [2.45, 2.75) is 46.3 Å². The minimum atomic E-state index is 0.0885. The summed E-state index contributed by atoms with van der Waals surface area (Å²) < 4.78 is 7.49. The molecule has 2 rings (SSSR count). The molecule has 0 aromatic carbocycles. The molecule has 20 heavy (non-hydrogen) atoms. The Labute approximate surface area is 120 Å². The van der Waals surface area contributed by atoms with E-state index in [2.05, 4.69) is 16.5 Å².